The van der Waals surface area contributed by atoms with Crippen molar-refractivity contribution in [3.05, 3.63) is 65.4 Å². The van der Waals surface area contributed by atoms with Crippen LogP contribution in [-0.2, 0) is 11.0 Å². The fraction of sp³-hybridized carbons (Fsp3) is 0.200. The third kappa shape index (κ3) is 3.21. The van der Waals surface area contributed by atoms with E-state index in [4.69, 9.17) is 10.2 Å². The Morgan fingerprint density at radius 2 is 1.86 bits per heavy atom. The molecule has 1 aliphatic rings. The first-order chi connectivity index (χ1) is 13.3. The molecule has 0 radical (unpaired) electrons. The van der Waals surface area contributed by atoms with E-state index in [1.54, 1.807) is 30.3 Å². The lowest BCUT2D eigenvalue weighted by atomic mass is 10.1. The van der Waals surface area contributed by atoms with Crippen LogP contribution in [0.2, 0.25) is 0 Å². The number of nitrogens with one attached hydrogen (secondary N) is 1. The van der Waals surface area contributed by atoms with Crippen molar-refractivity contribution in [3.63, 3.8) is 0 Å². The second-order valence-electron chi connectivity index (χ2n) is 6.73. The minimum atomic E-state index is -4.44. The van der Waals surface area contributed by atoms with Crippen LogP contribution >= 0.6 is 0 Å². The van der Waals surface area contributed by atoms with Crippen molar-refractivity contribution >= 4 is 28.5 Å². The Bertz CT molecular complexity index is 1090. The van der Waals surface area contributed by atoms with E-state index in [1.807, 2.05) is 0 Å². The summed E-state index contributed by atoms with van der Waals surface area (Å²) in [6.07, 6.45) is -4.01. The number of fused-ring (bicyclic) bond motifs is 1. The Morgan fingerprint density at radius 3 is 2.57 bits per heavy atom. The molecular weight excluding hydrogens is 373 g/mol. The number of para-hydroxylation sites is 1. The number of carbonyl (C=O) groups excluding carboxylic acids is 2. The number of furan rings is 1. The SMILES string of the molecule is NC(=O)c1oc2ccccc2c1NC(=O)C1CC1c1cccc(C(F)(F)F)c1. The van der Waals surface area contributed by atoms with Crippen molar-refractivity contribution in [2.24, 2.45) is 11.7 Å². The lowest BCUT2D eigenvalue weighted by Crippen LogP contribution is -2.18. The largest absolute Gasteiger partial charge is 0.449 e. The van der Waals surface area contributed by atoms with Gasteiger partial charge in [-0.1, -0.05) is 30.3 Å². The van der Waals surface area contributed by atoms with Crippen molar-refractivity contribution in [1.82, 2.24) is 0 Å². The van der Waals surface area contributed by atoms with Gasteiger partial charge in [0.1, 0.15) is 11.3 Å². The molecule has 2 aromatic carbocycles. The number of alkyl halides is 3. The number of primary amides is 1. The third-order valence-corrected chi connectivity index (χ3v) is 4.84. The summed E-state index contributed by atoms with van der Waals surface area (Å²) in [6.45, 7) is 0. The number of anilines is 1. The fourth-order valence-electron chi connectivity index (χ4n) is 3.36. The van der Waals surface area contributed by atoms with Crippen LogP contribution in [0.3, 0.4) is 0 Å². The molecule has 0 saturated heterocycles. The number of hydrogen-bond acceptors (Lipinski definition) is 3. The molecule has 28 heavy (non-hydrogen) atoms. The van der Waals surface area contributed by atoms with Gasteiger partial charge in [-0.15, -0.1) is 0 Å². The standard InChI is InChI=1S/C20H15F3N2O3/c21-20(22,23)11-5-3-4-10(8-11)13-9-14(13)19(27)25-16-12-6-1-2-7-15(12)28-17(16)18(24)26/h1-8,13-14H,9H2,(H2,24,26)(H,25,27). The van der Waals surface area contributed by atoms with Gasteiger partial charge >= 0.3 is 6.18 Å². The highest BCUT2D eigenvalue weighted by atomic mass is 19.4. The van der Waals surface area contributed by atoms with E-state index in [9.17, 15) is 22.8 Å². The van der Waals surface area contributed by atoms with Crippen molar-refractivity contribution in [2.45, 2.75) is 18.5 Å². The highest BCUT2D eigenvalue weighted by Gasteiger charge is 2.45. The summed E-state index contributed by atoms with van der Waals surface area (Å²) in [6, 6.07) is 11.7. The summed E-state index contributed by atoms with van der Waals surface area (Å²) < 4.78 is 44.1. The first kappa shape index (κ1) is 18.1. The van der Waals surface area contributed by atoms with Gasteiger partial charge in [0.05, 0.1) is 5.56 Å². The van der Waals surface area contributed by atoms with E-state index in [0.29, 0.717) is 23.0 Å². The molecule has 0 spiro atoms. The number of nitrogens with two attached hydrogens (primary N) is 1. The van der Waals surface area contributed by atoms with E-state index in [0.717, 1.165) is 12.1 Å². The summed E-state index contributed by atoms with van der Waals surface area (Å²) in [5.74, 6) is -2.17. The number of carbonyl (C=O) groups is 2. The van der Waals surface area contributed by atoms with Crippen molar-refractivity contribution < 1.29 is 27.2 Å². The Hall–Kier alpha value is -3.29. The maximum Gasteiger partial charge on any atom is 0.416 e. The number of amides is 2. The zero-order valence-electron chi connectivity index (χ0n) is 14.4. The Morgan fingerprint density at radius 1 is 1.11 bits per heavy atom. The van der Waals surface area contributed by atoms with Gasteiger partial charge in [0.2, 0.25) is 11.7 Å². The van der Waals surface area contributed by atoms with Crippen LogP contribution in [0.4, 0.5) is 18.9 Å². The molecule has 1 aromatic heterocycles. The van der Waals surface area contributed by atoms with Crippen molar-refractivity contribution in [3.8, 4) is 0 Å². The molecule has 4 rings (SSSR count). The van der Waals surface area contributed by atoms with Crippen molar-refractivity contribution in [2.75, 3.05) is 5.32 Å². The Kier molecular flexibility index (Phi) is 4.14. The van der Waals surface area contributed by atoms with E-state index >= 15 is 0 Å². The maximum absolute atomic E-state index is 12.9. The molecule has 2 amide bonds. The van der Waals surface area contributed by atoms with Gasteiger partial charge in [-0.2, -0.15) is 13.2 Å². The highest BCUT2D eigenvalue weighted by molar-refractivity contribution is 6.11. The lowest BCUT2D eigenvalue weighted by Gasteiger charge is -2.09. The zero-order valence-corrected chi connectivity index (χ0v) is 14.4. The van der Waals surface area contributed by atoms with Gasteiger partial charge in [-0.25, -0.2) is 0 Å². The van der Waals surface area contributed by atoms with Crippen LogP contribution in [0.15, 0.2) is 52.9 Å². The minimum Gasteiger partial charge on any atom is -0.449 e. The Balaban J connectivity index is 1.56. The van der Waals surface area contributed by atoms with Crippen molar-refractivity contribution in [1.29, 1.82) is 0 Å². The summed E-state index contributed by atoms with van der Waals surface area (Å²) in [5, 5.41) is 3.19. The third-order valence-electron chi connectivity index (χ3n) is 4.84. The molecular formula is C20H15F3N2O3. The predicted octanol–water partition coefficient (Wildman–Crippen LogP) is 4.29. The quantitative estimate of drug-likeness (QED) is 0.699. The molecule has 1 heterocycles. The topological polar surface area (TPSA) is 85.3 Å². The van der Waals surface area contributed by atoms with Crippen LogP contribution < -0.4 is 11.1 Å². The molecule has 1 aliphatic carbocycles. The van der Waals surface area contributed by atoms with E-state index < -0.39 is 29.5 Å². The number of halogens is 3. The molecule has 2 atom stereocenters. The fourth-order valence-corrected chi connectivity index (χ4v) is 3.36. The maximum atomic E-state index is 12.9. The first-order valence-electron chi connectivity index (χ1n) is 8.55. The van der Waals surface area contributed by atoms with E-state index in [1.165, 1.54) is 6.07 Å². The monoisotopic (exact) mass is 388 g/mol. The van der Waals surface area contributed by atoms with Gasteiger partial charge in [-0.3, -0.25) is 9.59 Å². The normalized spacial score (nSPS) is 18.8. The molecule has 0 bridgehead atoms. The van der Waals surface area contributed by atoms with Gasteiger partial charge in [0, 0.05) is 11.3 Å². The summed E-state index contributed by atoms with van der Waals surface area (Å²) in [4.78, 5) is 24.3. The summed E-state index contributed by atoms with van der Waals surface area (Å²) >= 11 is 0. The van der Waals surface area contributed by atoms with Gasteiger partial charge in [0.25, 0.3) is 5.91 Å². The molecule has 144 valence electrons. The van der Waals surface area contributed by atoms with E-state index in [2.05, 4.69) is 5.32 Å². The van der Waals surface area contributed by atoms with E-state index in [-0.39, 0.29) is 17.4 Å². The van der Waals surface area contributed by atoms with Gasteiger partial charge in [-0.05, 0) is 36.1 Å². The van der Waals surface area contributed by atoms with Crippen LogP contribution in [0.25, 0.3) is 11.0 Å². The molecule has 1 fully saturated rings. The highest BCUT2D eigenvalue weighted by Crippen LogP contribution is 2.49. The molecule has 3 aromatic rings. The van der Waals surface area contributed by atoms with Crippen LogP contribution in [0, 0.1) is 5.92 Å². The molecule has 5 nitrogen and oxygen atoms in total. The first-order valence-corrected chi connectivity index (χ1v) is 8.55. The van der Waals surface area contributed by atoms with Crippen LogP contribution in [-0.4, -0.2) is 11.8 Å². The predicted molar refractivity (Wildman–Crippen MR) is 95.7 cm³/mol. The molecule has 1 saturated carbocycles. The van der Waals surface area contributed by atoms with Crippen LogP contribution in [0.1, 0.15) is 34.0 Å². The minimum absolute atomic E-state index is 0.161. The Labute approximate surface area is 157 Å². The second-order valence-corrected chi connectivity index (χ2v) is 6.73. The molecule has 3 N–H and O–H groups in total. The smallest absolute Gasteiger partial charge is 0.416 e. The average Bonchev–Trinajstić information content (AvgIpc) is 3.38. The van der Waals surface area contributed by atoms with Crippen LogP contribution in [0.5, 0.6) is 0 Å². The summed E-state index contributed by atoms with van der Waals surface area (Å²) in [5.41, 5.74) is 5.63. The number of benzene rings is 2. The molecule has 8 heteroatoms. The lowest BCUT2D eigenvalue weighted by molar-refractivity contribution is -0.137. The van der Waals surface area contributed by atoms with Gasteiger partial charge in [0.15, 0.2) is 0 Å². The molecule has 2 unspecified atom stereocenters. The number of hydrogen-bond donors (Lipinski definition) is 2. The zero-order chi connectivity index (χ0) is 20.1. The summed E-state index contributed by atoms with van der Waals surface area (Å²) in [7, 11) is 0. The molecule has 0 aliphatic heterocycles. The second kappa shape index (κ2) is 6.40. The van der Waals surface area contributed by atoms with Gasteiger partial charge < -0.3 is 15.5 Å². The number of rotatable bonds is 4. The average molecular weight is 388 g/mol.